The molecule has 12 heavy (non-hydrogen) atoms. The number of hydrogen-bond donors (Lipinski definition) is 0. The molecule has 0 saturated heterocycles. The molecule has 5 heteroatoms. The van der Waals surface area contributed by atoms with E-state index in [9.17, 15) is 9.59 Å². The van der Waals surface area contributed by atoms with E-state index in [0.29, 0.717) is 0 Å². The van der Waals surface area contributed by atoms with Crippen molar-refractivity contribution in [2.45, 2.75) is 0 Å². The van der Waals surface area contributed by atoms with E-state index in [1.54, 1.807) is 7.11 Å². The number of methoxy groups -OCH3 is 1. The molecule has 1 heterocycles. The standard InChI is InChI=1S/C4H2O3.C3H6O.Zn/c5-3-1-2-4(6)7-3;1-3-4-2;/h1-2H;3H,1H2,2H3;. The molecule has 0 atom stereocenters. The van der Waals surface area contributed by atoms with Crippen LogP contribution in [0.4, 0.5) is 0 Å². The topological polar surface area (TPSA) is 52.6 Å². The van der Waals surface area contributed by atoms with E-state index in [-0.39, 0.29) is 19.5 Å². The van der Waals surface area contributed by atoms with Gasteiger partial charge < -0.3 is 9.47 Å². The number of carbonyl (C=O) groups excluding carboxylic acids is 2. The summed E-state index contributed by atoms with van der Waals surface area (Å²) < 4.78 is 8.28. The van der Waals surface area contributed by atoms with Gasteiger partial charge in [0, 0.05) is 31.6 Å². The number of ether oxygens (including phenoxy) is 2. The van der Waals surface area contributed by atoms with Crippen molar-refractivity contribution in [3.63, 3.8) is 0 Å². The molecule has 0 spiro atoms. The van der Waals surface area contributed by atoms with Crippen LogP contribution in [0.1, 0.15) is 0 Å². The molecule has 62 valence electrons. The van der Waals surface area contributed by atoms with Gasteiger partial charge in [0.05, 0.1) is 13.4 Å². The quantitative estimate of drug-likeness (QED) is 0.278. The first-order valence-corrected chi connectivity index (χ1v) is 2.78. The summed E-state index contributed by atoms with van der Waals surface area (Å²) in [6, 6.07) is 0. The summed E-state index contributed by atoms with van der Waals surface area (Å²) in [6.07, 6.45) is 3.55. The molecule has 0 aliphatic carbocycles. The maximum atomic E-state index is 9.92. The minimum Gasteiger partial charge on any atom is -0.505 e. The molecular weight excluding hydrogens is 213 g/mol. The molecule has 0 bridgehead atoms. The Morgan fingerprint density at radius 1 is 1.42 bits per heavy atom. The van der Waals surface area contributed by atoms with Crippen LogP contribution in [-0.4, -0.2) is 19.0 Å². The van der Waals surface area contributed by atoms with Crippen LogP contribution in [0, 0.1) is 0 Å². The SMILES string of the molecule is C=COC.O=C1C=CC(=O)O1.[Zn]. The number of cyclic esters (lactones) is 2. The van der Waals surface area contributed by atoms with Crippen LogP contribution in [0.25, 0.3) is 0 Å². The minimum absolute atomic E-state index is 0. The van der Waals surface area contributed by atoms with E-state index in [1.165, 1.54) is 6.26 Å². The molecule has 0 N–H and O–H groups in total. The molecule has 0 aromatic carbocycles. The maximum absolute atomic E-state index is 9.92. The Kier molecular flexibility index (Phi) is 9.24. The van der Waals surface area contributed by atoms with Gasteiger partial charge in [-0.2, -0.15) is 0 Å². The fourth-order valence-corrected chi connectivity index (χ4v) is 0.303. The van der Waals surface area contributed by atoms with Gasteiger partial charge in [-0.25, -0.2) is 9.59 Å². The fourth-order valence-electron chi connectivity index (χ4n) is 0.303. The van der Waals surface area contributed by atoms with Crippen molar-refractivity contribution in [1.82, 2.24) is 0 Å². The van der Waals surface area contributed by atoms with Crippen LogP contribution in [-0.2, 0) is 38.5 Å². The van der Waals surface area contributed by atoms with Gasteiger partial charge in [-0.3, -0.25) is 0 Å². The van der Waals surface area contributed by atoms with Crippen molar-refractivity contribution in [1.29, 1.82) is 0 Å². The van der Waals surface area contributed by atoms with Crippen molar-refractivity contribution in [2.75, 3.05) is 7.11 Å². The van der Waals surface area contributed by atoms with Crippen molar-refractivity contribution in [3.8, 4) is 0 Å². The monoisotopic (exact) mass is 220 g/mol. The summed E-state index contributed by atoms with van der Waals surface area (Å²) >= 11 is 0. The summed E-state index contributed by atoms with van der Waals surface area (Å²) in [5.74, 6) is -1.16. The van der Waals surface area contributed by atoms with E-state index in [0.717, 1.165) is 12.2 Å². The Balaban J connectivity index is 0. The Morgan fingerprint density at radius 3 is 1.83 bits per heavy atom. The Hall–Kier alpha value is -0.957. The average Bonchev–Trinajstić information content (AvgIpc) is 2.35. The van der Waals surface area contributed by atoms with E-state index in [1.807, 2.05) is 0 Å². The van der Waals surface area contributed by atoms with Gasteiger partial charge in [0.1, 0.15) is 0 Å². The Labute approximate surface area is 83.0 Å². The largest absolute Gasteiger partial charge is 0.505 e. The first-order valence-electron chi connectivity index (χ1n) is 2.78. The van der Waals surface area contributed by atoms with Gasteiger partial charge >= 0.3 is 11.9 Å². The second kappa shape index (κ2) is 8.14. The smallest absolute Gasteiger partial charge is 0.338 e. The molecular formula is C7H8O4Zn. The second-order valence-corrected chi connectivity index (χ2v) is 1.48. The molecule has 1 rings (SSSR count). The predicted octanol–water partition coefficient (Wildman–Crippen LogP) is 0.400. The van der Waals surface area contributed by atoms with Gasteiger partial charge in [-0.15, -0.1) is 0 Å². The summed E-state index contributed by atoms with van der Waals surface area (Å²) in [7, 11) is 1.56. The maximum Gasteiger partial charge on any atom is 0.338 e. The van der Waals surface area contributed by atoms with Crippen LogP contribution in [0.5, 0.6) is 0 Å². The first-order chi connectivity index (χ1) is 5.20. The number of hydrogen-bond acceptors (Lipinski definition) is 4. The van der Waals surface area contributed by atoms with Gasteiger partial charge in [-0.05, 0) is 0 Å². The number of esters is 2. The van der Waals surface area contributed by atoms with Gasteiger partial charge in [0.15, 0.2) is 0 Å². The summed E-state index contributed by atoms with van der Waals surface area (Å²) in [5.41, 5.74) is 0. The van der Waals surface area contributed by atoms with Crippen LogP contribution in [0.2, 0.25) is 0 Å². The van der Waals surface area contributed by atoms with Crippen LogP contribution >= 0.6 is 0 Å². The second-order valence-electron chi connectivity index (χ2n) is 1.48. The molecule has 1 aliphatic rings. The molecule has 0 amide bonds. The summed E-state index contributed by atoms with van der Waals surface area (Å²) in [5, 5.41) is 0. The zero-order valence-electron chi connectivity index (χ0n) is 6.78. The van der Waals surface area contributed by atoms with Crippen LogP contribution in [0.3, 0.4) is 0 Å². The van der Waals surface area contributed by atoms with Crippen molar-refractivity contribution in [3.05, 3.63) is 25.0 Å². The molecule has 0 fully saturated rings. The van der Waals surface area contributed by atoms with E-state index in [4.69, 9.17) is 0 Å². The van der Waals surface area contributed by atoms with E-state index >= 15 is 0 Å². The summed E-state index contributed by atoms with van der Waals surface area (Å²) in [6.45, 7) is 3.26. The van der Waals surface area contributed by atoms with E-state index < -0.39 is 11.9 Å². The van der Waals surface area contributed by atoms with Crippen LogP contribution < -0.4 is 0 Å². The van der Waals surface area contributed by atoms with Crippen molar-refractivity contribution >= 4 is 11.9 Å². The molecule has 0 radical (unpaired) electrons. The fraction of sp³-hybridized carbons (Fsp3) is 0.143. The predicted molar refractivity (Wildman–Crippen MR) is 37.4 cm³/mol. The Bertz CT molecular complexity index is 182. The molecule has 4 nitrogen and oxygen atoms in total. The third kappa shape index (κ3) is 7.15. The molecule has 0 aromatic rings. The first kappa shape index (κ1) is 13.6. The molecule has 0 aromatic heterocycles. The molecule has 0 unspecified atom stereocenters. The van der Waals surface area contributed by atoms with Gasteiger partial charge in [0.2, 0.25) is 0 Å². The third-order valence-electron chi connectivity index (χ3n) is 0.723. The van der Waals surface area contributed by atoms with E-state index in [2.05, 4.69) is 16.1 Å². The zero-order valence-corrected chi connectivity index (χ0v) is 9.75. The average molecular weight is 222 g/mol. The van der Waals surface area contributed by atoms with Gasteiger partial charge in [0.25, 0.3) is 0 Å². The summed E-state index contributed by atoms with van der Waals surface area (Å²) in [4.78, 5) is 19.8. The van der Waals surface area contributed by atoms with Gasteiger partial charge in [-0.1, -0.05) is 6.58 Å². The Morgan fingerprint density at radius 2 is 1.75 bits per heavy atom. The van der Waals surface area contributed by atoms with Crippen molar-refractivity contribution in [2.24, 2.45) is 0 Å². The van der Waals surface area contributed by atoms with Crippen molar-refractivity contribution < 1.29 is 38.5 Å². The molecule has 1 aliphatic heterocycles. The zero-order chi connectivity index (χ0) is 8.69. The molecule has 0 saturated carbocycles. The minimum atomic E-state index is -0.579. The third-order valence-corrected chi connectivity index (χ3v) is 0.723. The normalized spacial score (nSPS) is 12.1. The number of carbonyl (C=O) groups is 2. The number of rotatable bonds is 1. The van der Waals surface area contributed by atoms with Crippen LogP contribution in [0.15, 0.2) is 25.0 Å².